The molecule has 0 aliphatic carbocycles. The molecule has 0 spiro atoms. The van der Waals surface area contributed by atoms with Gasteiger partial charge in [-0.3, -0.25) is 0 Å². The van der Waals surface area contributed by atoms with Crippen molar-refractivity contribution in [2.24, 2.45) is 5.92 Å². The number of aryl methyl sites for hydroxylation is 2. The van der Waals surface area contributed by atoms with Crippen LogP contribution in [0.4, 0.5) is 0 Å². The zero-order chi connectivity index (χ0) is 15.0. The first kappa shape index (κ1) is 17.7. The summed E-state index contributed by atoms with van der Waals surface area (Å²) in [7, 11) is -3.47. The van der Waals surface area contributed by atoms with E-state index in [0.29, 0.717) is 36.5 Å². The third-order valence-electron chi connectivity index (χ3n) is 4.73. The molecule has 3 heterocycles. The molecule has 2 aliphatic heterocycles. The molecule has 126 valence electrons. The summed E-state index contributed by atoms with van der Waals surface area (Å²) < 4.78 is 32.1. The number of piperidine rings is 1. The van der Waals surface area contributed by atoms with E-state index in [1.54, 1.807) is 18.2 Å². The van der Waals surface area contributed by atoms with Crippen LogP contribution >= 0.6 is 12.4 Å². The summed E-state index contributed by atoms with van der Waals surface area (Å²) in [5, 5.41) is 7.30. The summed E-state index contributed by atoms with van der Waals surface area (Å²) >= 11 is 0. The second-order valence-electron chi connectivity index (χ2n) is 6.10. The van der Waals surface area contributed by atoms with Gasteiger partial charge in [-0.05, 0) is 52.0 Å². The Morgan fingerprint density at radius 1 is 1.23 bits per heavy atom. The average molecular weight is 350 g/mol. The molecular weight excluding hydrogens is 326 g/mol. The average Bonchev–Trinajstić information content (AvgIpc) is 3.09. The largest absolute Gasteiger partial charge is 0.360 e. The van der Waals surface area contributed by atoms with Crippen LogP contribution in [0.1, 0.15) is 37.1 Å². The lowest BCUT2D eigenvalue weighted by Gasteiger charge is -2.34. The number of aromatic nitrogens is 1. The minimum Gasteiger partial charge on any atom is -0.360 e. The van der Waals surface area contributed by atoms with Crippen LogP contribution in [-0.4, -0.2) is 43.6 Å². The Bertz CT molecular complexity index is 583. The SMILES string of the molecule is Cc1noc(C)c1S(=O)(=O)N1CCC(C2CCCN2)CC1.Cl. The van der Waals surface area contributed by atoms with Crippen LogP contribution in [0.3, 0.4) is 0 Å². The lowest BCUT2D eigenvalue weighted by Crippen LogP contribution is -2.43. The first-order valence-electron chi connectivity index (χ1n) is 7.66. The summed E-state index contributed by atoms with van der Waals surface area (Å²) in [5.41, 5.74) is 0.451. The van der Waals surface area contributed by atoms with Crippen molar-refractivity contribution in [3.63, 3.8) is 0 Å². The summed E-state index contributed by atoms with van der Waals surface area (Å²) in [4.78, 5) is 0.250. The van der Waals surface area contributed by atoms with E-state index in [1.165, 1.54) is 12.8 Å². The quantitative estimate of drug-likeness (QED) is 0.901. The maximum absolute atomic E-state index is 12.7. The highest BCUT2D eigenvalue weighted by Crippen LogP contribution is 2.30. The summed E-state index contributed by atoms with van der Waals surface area (Å²) in [6.07, 6.45) is 4.32. The zero-order valence-electron chi connectivity index (χ0n) is 13.0. The fourth-order valence-electron chi connectivity index (χ4n) is 3.60. The van der Waals surface area contributed by atoms with Crippen molar-refractivity contribution >= 4 is 22.4 Å². The highest BCUT2D eigenvalue weighted by Gasteiger charge is 2.36. The molecule has 0 aromatic carbocycles. The Kier molecular flexibility index (Phi) is 5.53. The van der Waals surface area contributed by atoms with Crippen LogP contribution in [0.15, 0.2) is 9.42 Å². The van der Waals surface area contributed by atoms with Crippen molar-refractivity contribution in [2.75, 3.05) is 19.6 Å². The summed E-state index contributed by atoms with van der Waals surface area (Å²) in [6.45, 7) is 5.62. The molecule has 2 aliphatic rings. The molecule has 0 bridgehead atoms. The Morgan fingerprint density at radius 2 is 1.91 bits per heavy atom. The Morgan fingerprint density at radius 3 is 2.41 bits per heavy atom. The first-order valence-corrected chi connectivity index (χ1v) is 9.10. The molecule has 1 aromatic rings. The Labute approximate surface area is 138 Å². The molecule has 1 unspecified atom stereocenters. The normalized spacial score (nSPS) is 24.4. The second kappa shape index (κ2) is 6.86. The van der Waals surface area contributed by atoms with Crippen molar-refractivity contribution in [3.05, 3.63) is 11.5 Å². The van der Waals surface area contributed by atoms with Crippen LogP contribution in [0.25, 0.3) is 0 Å². The number of hydrogen-bond acceptors (Lipinski definition) is 5. The minimum atomic E-state index is -3.47. The fourth-order valence-corrected chi connectivity index (χ4v) is 5.37. The number of halogens is 1. The molecule has 1 aromatic heterocycles. The van der Waals surface area contributed by atoms with Crippen molar-refractivity contribution in [1.82, 2.24) is 14.8 Å². The maximum atomic E-state index is 12.7. The topological polar surface area (TPSA) is 75.4 Å². The Balaban J connectivity index is 0.00000176. The number of hydrogen-bond donors (Lipinski definition) is 1. The van der Waals surface area contributed by atoms with Gasteiger partial charge in [0.1, 0.15) is 10.6 Å². The van der Waals surface area contributed by atoms with Gasteiger partial charge in [-0.1, -0.05) is 5.16 Å². The molecule has 0 amide bonds. The molecule has 2 saturated heterocycles. The van der Waals surface area contributed by atoms with Gasteiger partial charge in [0.25, 0.3) is 0 Å². The number of nitrogens with zero attached hydrogens (tertiary/aromatic N) is 2. The molecular formula is C14H24ClN3O3S. The molecule has 2 fully saturated rings. The van der Waals surface area contributed by atoms with Gasteiger partial charge in [-0.2, -0.15) is 4.31 Å². The molecule has 3 rings (SSSR count). The Hall–Kier alpha value is -0.630. The number of sulfonamides is 1. The van der Waals surface area contributed by atoms with Crippen LogP contribution < -0.4 is 5.32 Å². The molecule has 1 N–H and O–H groups in total. The van der Waals surface area contributed by atoms with E-state index in [9.17, 15) is 8.42 Å². The standard InChI is InChI=1S/C14H23N3O3S.ClH/c1-10-14(11(2)20-16-10)21(18,19)17-8-5-12(6-9-17)13-4-3-7-15-13;/h12-13,15H,3-9H2,1-2H3;1H. The van der Waals surface area contributed by atoms with Crippen molar-refractivity contribution in [3.8, 4) is 0 Å². The van der Waals surface area contributed by atoms with Crippen LogP contribution in [0.5, 0.6) is 0 Å². The lowest BCUT2D eigenvalue weighted by atomic mass is 9.89. The van der Waals surface area contributed by atoms with Gasteiger partial charge >= 0.3 is 0 Å². The maximum Gasteiger partial charge on any atom is 0.248 e. The van der Waals surface area contributed by atoms with E-state index < -0.39 is 10.0 Å². The molecule has 1 atom stereocenters. The highest BCUT2D eigenvalue weighted by molar-refractivity contribution is 7.89. The zero-order valence-corrected chi connectivity index (χ0v) is 14.7. The fraction of sp³-hybridized carbons (Fsp3) is 0.786. The predicted molar refractivity (Wildman–Crippen MR) is 85.7 cm³/mol. The van der Waals surface area contributed by atoms with E-state index in [0.717, 1.165) is 19.4 Å². The summed E-state index contributed by atoms with van der Waals surface area (Å²) in [5.74, 6) is 0.982. The molecule has 0 saturated carbocycles. The minimum absolute atomic E-state index is 0. The number of nitrogens with one attached hydrogen (secondary N) is 1. The monoisotopic (exact) mass is 349 g/mol. The second-order valence-corrected chi connectivity index (χ2v) is 7.97. The summed E-state index contributed by atoms with van der Waals surface area (Å²) in [6, 6.07) is 0.578. The third-order valence-corrected chi connectivity index (χ3v) is 6.88. The van der Waals surface area contributed by atoms with Crippen LogP contribution in [0, 0.1) is 19.8 Å². The van der Waals surface area contributed by atoms with Crippen molar-refractivity contribution in [2.45, 2.75) is 50.5 Å². The first-order chi connectivity index (χ1) is 10.00. The van der Waals surface area contributed by atoms with E-state index in [2.05, 4.69) is 10.5 Å². The smallest absolute Gasteiger partial charge is 0.248 e. The van der Waals surface area contributed by atoms with Gasteiger partial charge in [0.2, 0.25) is 10.0 Å². The van der Waals surface area contributed by atoms with Gasteiger partial charge in [-0.25, -0.2) is 8.42 Å². The number of rotatable bonds is 3. The van der Waals surface area contributed by atoms with E-state index in [4.69, 9.17) is 4.52 Å². The van der Waals surface area contributed by atoms with Gasteiger partial charge in [0.05, 0.1) is 0 Å². The van der Waals surface area contributed by atoms with Gasteiger partial charge < -0.3 is 9.84 Å². The van der Waals surface area contributed by atoms with Gasteiger partial charge in [-0.15, -0.1) is 12.4 Å². The molecule has 22 heavy (non-hydrogen) atoms. The third kappa shape index (κ3) is 3.18. The van der Waals surface area contributed by atoms with E-state index in [1.807, 2.05) is 0 Å². The molecule has 8 heteroatoms. The van der Waals surface area contributed by atoms with Gasteiger partial charge in [0.15, 0.2) is 5.76 Å². The van der Waals surface area contributed by atoms with Gasteiger partial charge in [0, 0.05) is 19.1 Å². The van der Waals surface area contributed by atoms with Crippen LogP contribution in [-0.2, 0) is 10.0 Å². The predicted octanol–water partition coefficient (Wildman–Crippen LogP) is 1.87. The molecule has 6 nitrogen and oxygen atoms in total. The van der Waals surface area contributed by atoms with E-state index in [-0.39, 0.29) is 17.3 Å². The van der Waals surface area contributed by atoms with Crippen LogP contribution in [0.2, 0.25) is 0 Å². The van der Waals surface area contributed by atoms with Crippen molar-refractivity contribution in [1.29, 1.82) is 0 Å². The van der Waals surface area contributed by atoms with E-state index >= 15 is 0 Å². The molecule has 0 radical (unpaired) electrons. The lowest BCUT2D eigenvalue weighted by molar-refractivity contribution is 0.234. The van der Waals surface area contributed by atoms with Crippen molar-refractivity contribution < 1.29 is 12.9 Å². The highest BCUT2D eigenvalue weighted by atomic mass is 35.5.